The van der Waals surface area contributed by atoms with E-state index in [0.717, 1.165) is 12.5 Å². The lowest BCUT2D eigenvalue weighted by atomic mass is 10.2. The van der Waals surface area contributed by atoms with Crippen LogP contribution in [0.4, 0.5) is 20.7 Å². The number of amides is 3. The second kappa shape index (κ2) is 11.6. The number of nitrogens with zero attached hydrogens (tertiary/aromatic N) is 4. The Morgan fingerprint density at radius 2 is 1.85 bits per heavy atom. The highest BCUT2D eigenvalue weighted by atomic mass is 19.1. The molecule has 0 bridgehead atoms. The van der Waals surface area contributed by atoms with Crippen molar-refractivity contribution >= 4 is 23.4 Å². The number of ether oxygens (including phenoxy) is 1. The van der Waals surface area contributed by atoms with Gasteiger partial charge in [0, 0.05) is 50.2 Å². The molecule has 0 radical (unpaired) electrons. The van der Waals surface area contributed by atoms with Crippen molar-refractivity contribution in [2.75, 3.05) is 30.8 Å². The number of aromatic nitrogens is 3. The fraction of sp³-hybridized carbons (Fsp3) is 0.241. The van der Waals surface area contributed by atoms with Crippen LogP contribution >= 0.6 is 0 Å². The number of hydrogen-bond donors (Lipinski definition) is 3. The van der Waals surface area contributed by atoms with Gasteiger partial charge in [-0.3, -0.25) is 19.6 Å². The van der Waals surface area contributed by atoms with Gasteiger partial charge in [-0.2, -0.15) is 0 Å². The minimum Gasteiger partial charge on any atom is -0.454 e. The Labute approximate surface area is 235 Å². The van der Waals surface area contributed by atoms with Crippen molar-refractivity contribution in [2.45, 2.75) is 19.4 Å². The summed E-state index contributed by atoms with van der Waals surface area (Å²) in [5.74, 6) is -0.942. The minimum absolute atomic E-state index is 0.0427. The van der Waals surface area contributed by atoms with E-state index in [1.165, 1.54) is 35.1 Å². The zero-order chi connectivity index (χ0) is 29.1. The number of rotatable bonds is 7. The van der Waals surface area contributed by atoms with Gasteiger partial charge in [0.15, 0.2) is 11.6 Å². The van der Waals surface area contributed by atoms with E-state index in [0.29, 0.717) is 24.5 Å². The predicted molar refractivity (Wildman–Crippen MR) is 152 cm³/mol. The van der Waals surface area contributed by atoms with Crippen LogP contribution in [0.25, 0.3) is 5.69 Å². The number of benzene rings is 2. The van der Waals surface area contributed by atoms with E-state index in [9.17, 15) is 18.8 Å². The first-order chi connectivity index (χ1) is 19.7. The normalized spacial score (nSPS) is 14.6. The molecule has 212 valence electrons. The summed E-state index contributed by atoms with van der Waals surface area (Å²) in [6, 6.07) is 15.9. The van der Waals surface area contributed by atoms with Crippen molar-refractivity contribution < 1.29 is 18.7 Å². The molecule has 0 spiro atoms. The van der Waals surface area contributed by atoms with Gasteiger partial charge in [-0.25, -0.2) is 18.9 Å². The van der Waals surface area contributed by atoms with Gasteiger partial charge < -0.3 is 20.3 Å². The van der Waals surface area contributed by atoms with Gasteiger partial charge in [-0.05, 0) is 50.7 Å². The first-order valence-corrected chi connectivity index (χ1v) is 13.1. The molecule has 3 N–H and O–H groups in total. The number of anilines is 2. The first kappa shape index (κ1) is 27.6. The molecule has 3 amide bonds. The van der Waals surface area contributed by atoms with Crippen molar-refractivity contribution in [3.05, 3.63) is 94.3 Å². The van der Waals surface area contributed by atoms with E-state index in [2.05, 4.69) is 20.9 Å². The number of likely N-dealkylation sites (N-methyl/N-ethyl adjacent to an activating group) is 1. The highest BCUT2D eigenvalue weighted by Crippen LogP contribution is 2.28. The number of carbonyl (C=O) groups is 2. The number of para-hydroxylation sites is 1. The highest BCUT2D eigenvalue weighted by molar-refractivity contribution is 6.05. The molecule has 12 heteroatoms. The molecule has 41 heavy (non-hydrogen) atoms. The third kappa shape index (κ3) is 5.82. The quantitative estimate of drug-likeness (QED) is 0.316. The lowest BCUT2D eigenvalue weighted by molar-refractivity contribution is 0.102. The number of likely N-dealkylation sites (tertiary alicyclic amines) is 1. The lowest BCUT2D eigenvalue weighted by Crippen LogP contribution is -2.36. The fourth-order valence-corrected chi connectivity index (χ4v) is 4.72. The third-order valence-electron chi connectivity index (χ3n) is 7.05. The number of pyridine rings is 1. The molecule has 1 atom stereocenters. The molecule has 0 saturated carbocycles. The van der Waals surface area contributed by atoms with Crippen LogP contribution in [0.5, 0.6) is 11.5 Å². The van der Waals surface area contributed by atoms with E-state index in [-0.39, 0.29) is 40.6 Å². The number of hydrogen-bond acceptors (Lipinski definition) is 6. The summed E-state index contributed by atoms with van der Waals surface area (Å²) in [4.78, 5) is 44.6. The van der Waals surface area contributed by atoms with Crippen LogP contribution in [-0.2, 0) is 7.05 Å². The standard InChI is InChI=1S/C29H30FN7O4/c1-18-26(28(39)37(35(18)3)21-7-5-4-6-8-21)27(38)33-19-9-10-24(23(30)15-19)41-22-11-13-32-25(16-22)34-29(40)36-14-12-20(17-36)31-2/h4-11,13,15-16,20,31H,12,14,17H2,1-3H3,(H,33,38)(H,32,34,40)/t20-/m1/s1. The van der Waals surface area contributed by atoms with Gasteiger partial charge >= 0.3 is 6.03 Å². The molecule has 0 unspecified atom stereocenters. The lowest BCUT2D eigenvalue weighted by Gasteiger charge is -2.17. The zero-order valence-electron chi connectivity index (χ0n) is 22.8. The number of halogens is 1. The second-order valence-electron chi connectivity index (χ2n) is 9.67. The van der Waals surface area contributed by atoms with E-state index in [4.69, 9.17) is 4.74 Å². The summed E-state index contributed by atoms with van der Waals surface area (Å²) in [6.07, 6.45) is 2.31. The van der Waals surface area contributed by atoms with Gasteiger partial charge in [-0.1, -0.05) is 18.2 Å². The van der Waals surface area contributed by atoms with E-state index < -0.39 is 17.3 Å². The summed E-state index contributed by atoms with van der Waals surface area (Å²) in [5.41, 5.74) is 0.707. The molecule has 5 rings (SSSR count). The van der Waals surface area contributed by atoms with Gasteiger partial charge in [0.05, 0.1) is 11.4 Å². The highest BCUT2D eigenvalue weighted by Gasteiger charge is 2.25. The Morgan fingerprint density at radius 1 is 1.07 bits per heavy atom. The molecule has 1 aliphatic rings. The topological polar surface area (TPSA) is 123 Å². The molecular weight excluding hydrogens is 529 g/mol. The largest absolute Gasteiger partial charge is 0.454 e. The first-order valence-electron chi connectivity index (χ1n) is 13.1. The molecule has 1 saturated heterocycles. The molecule has 11 nitrogen and oxygen atoms in total. The van der Waals surface area contributed by atoms with Gasteiger partial charge in [0.1, 0.15) is 17.1 Å². The van der Waals surface area contributed by atoms with Crippen molar-refractivity contribution in [1.29, 1.82) is 0 Å². The maximum absolute atomic E-state index is 15.0. The van der Waals surface area contributed by atoms with Crippen LogP contribution in [0, 0.1) is 12.7 Å². The fourth-order valence-electron chi connectivity index (χ4n) is 4.72. The monoisotopic (exact) mass is 559 g/mol. The Balaban J connectivity index is 1.27. The number of nitrogens with one attached hydrogen (secondary N) is 3. The van der Waals surface area contributed by atoms with Crippen LogP contribution in [0.15, 0.2) is 71.7 Å². The third-order valence-corrected chi connectivity index (χ3v) is 7.05. The van der Waals surface area contributed by atoms with Crippen LogP contribution in [0.1, 0.15) is 22.5 Å². The summed E-state index contributed by atoms with van der Waals surface area (Å²) in [5, 5.41) is 8.50. The average Bonchev–Trinajstić information content (AvgIpc) is 3.53. The average molecular weight is 560 g/mol. The summed E-state index contributed by atoms with van der Waals surface area (Å²) < 4.78 is 23.7. The molecule has 0 aliphatic carbocycles. The molecule has 1 fully saturated rings. The van der Waals surface area contributed by atoms with Crippen molar-refractivity contribution in [2.24, 2.45) is 7.05 Å². The summed E-state index contributed by atoms with van der Waals surface area (Å²) in [7, 11) is 3.55. The maximum atomic E-state index is 15.0. The number of urea groups is 1. The molecule has 2 aromatic carbocycles. The van der Waals surface area contributed by atoms with Gasteiger partial charge in [0.25, 0.3) is 11.5 Å². The van der Waals surface area contributed by atoms with Crippen LogP contribution in [0.2, 0.25) is 0 Å². The van der Waals surface area contributed by atoms with E-state index in [1.807, 2.05) is 13.1 Å². The van der Waals surface area contributed by atoms with Crippen LogP contribution < -0.4 is 26.2 Å². The van der Waals surface area contributed by atoms with Crippen LogP contribution in [0.3, 0.4) is 0 Å². The molecule has 4 aromatic rings. The SMILES string of the molecule is CN[C@@H]1CCN(C(=O)Nc2cc(Oc3ccc(NC(=O)c4c(C)n(C)n(-c5ccccc5)c4=O)cc3F)ccn2)C1. The van der Waals surface area contributed by atoms with Gasteiger partial charge in [-0.15, -0.1) is 0 Å². The van der Waals surface area contributed by atoms with Crippen LogP contribution in [-0.4, -0.2) is 57.4 Å². The summed E-state index contributed by atoms with van der Waals surface area (Å²) in [6.45, 7) is 2.90. The van der Waals surface area contributed by atoms with Crippen molar-refractivity contribution in [3.8, 4) is 17.2 Å². The van der Waals surface area contributed by atoms with E-state index in [1.54, 1.807) is 47.8 Å². The van der Waals surface area contributed by atoms with Crippen molar-refractivity contribution in [1.82, 2.24) is 24.6 Å². The second-order valence-corrected chi connectivity index (χ2v) is 9.67. The zero-order valence-corrected chi connectivity index (χ0v) is 22.8. The predicted octanol–water partition coefficient (Wildman–Crippen LogP) is 3.89. The smallest absolute Gasteiger partial charge is 0.323 e. The van der Waals surface area contributed by atoms with E-state index >= 15 is 0 Å². The van der Waals surface area contributed by atoms with Crippen molar-refractivity contribution in [3.63, 3.8) is 0 Å². The summed E-state index contributed by atoms with van der Waals surface area (Å²) >= 11 is 0. The van der Waals surface area contributed by atoms with Gasteiger partial charge in [0.2, 0.25) is 0 Å². The Kier molecular flexibility index (Phi) is 7.83. The Morgan fingerprint density at radius 3 is 2.56 bits per heavy atom. The maximum Gasteiger partial charge on any atom is 0.323 e. The molecule has 2 aromatic heterocycles. The molecule has 3 heterocycles. The molecular formula is C29H30FN7O4. The molecule has 1 aliphatic heterocycles. The minimum atomic E-state index is -0.730. The Bertz CT molecular complexity index is 1650. The Hall–Kier alpha value is -4.97. The number of carbonyl (C=O) groups excluding carboxylic acids is 2.